The fraction of sp³-hybridized carbons (Fsp3) is 0.188. The third kappa shape index (κ3) is 3.92. The number of benzene rings is 2. The summed E-state index contributed by atoms with van der Waals surface area (Å²) in [6, 6.07) is 11.8. The third-order valence-electron chi connectivity index (χ3n) is 3.53. The van der Waals surface area contributed by atoms with Crippen molar-refractivity contribution in [2.75, 3.05) is 11.1 Å². The van der Waals surface area contributed by atoms with Crippen molar-refractivity contribution in [2.24, 2.45) is 0 Å². The maximum atomic E-state index is 12.5. The molecule has 0 aliphatic carbocycles. The number of carbonyl (C=O) groups is 1. The van der Waals surface area contributed by atoms with Gasteiger partial charge in [0.2, 0.25) is 15.9 Å². The molecule has 0 bridgehead atoms. The Balaban J connectivity index is 1.82. The Morgan fingerprint density at radius 1 is 1.21 bits per heavy atom. The van der Waals surface area contributed by atoms with Crippen molar-refractivity contribution in [3.05, 3.63) is 53.1 Å². The van der Waals surface area contributed by atoms with Gasteiger partial charge in [0.15, 0.2) is 0 Å². The molecule has 8 heteroatoms. The number of sulfonamides is 1. The summed E-state index contributed by atoms with van der Waals surface area (Å²) in [4.78, 5) is 12.6. The van der Waals surface area contributed by atoms with E-state index in [1.165, 1.54) is 23.9 Å². The fourth-order valence-electron chi connectivity index (χ4n) is 2.26. The molecule has 2 N–H and O–H groups in total. The molecular formula is C16H15ClN2O3S2. The van der Waals surface area contributed by atoms with Crippen molar-refractivity contribution < 1.29 is 13.2 Å². The van der Waals surface area contributed by atoms with E-state index in [0.717, 1.165) is 4.90 Å². The average Bonchev–Trinajstić information content (AvgIpc) is 2.74. The highest BCUT2D eigenvalue weighted by molar-refractivity contribution is 7.99. The molecule has 0 fully saturated rings. The molecule has 3 rings (SSSR count). The summed E-state index contributed by atoms with van der Waals surface area (Å²) >= 11 is 7.57. The smallest absolute Gasteiger partial charge is 0.240 e. The van der Waals surface area contributed by atoms with Crippen LogP contribution in [-0.4, -0.2) is 20.1 Å². The molecule has 24 heavy (non-hydrogen) atoms. The topological polar surface area (TPSA) is 75.3 Å². The number of anilines is 1. The number of halogens is 1. The monoisotopic (exact) mass is 382 g/mol. The van der Waals surface area contributed by atoms with Crippen LogP contribution in [0.4, 0.5) is 5.69 Å². The molecule has 126 valence electrons. The van der Waals surface area contributed by atoms with Crippen LogP contribution in [0.5, 0.6) is 0 Å². The maximum Gasteiger partial charge on any atom is 0.240 e. The average molecular weight is 383 g/mol. The van der Waals surface area contributed by atoms with Crippen LogP contribution < -0.4 is 10.0 Å². The van der Waals surface area contributed by atoms with E-state index in [1.807, 2.05) is 0 Å². The molecule has 5 nitrogen and oxygen atoms in total. The van der Waals surface area contributed by atoms with Gasteiger partial charge in [-0.25, -0.2) is 13.1 Å². The van der Waals surface area contributed by atoms with Crippen molar-refractivity contribution in [2.45, 2.75) is 22.8 Å². The number of carbonyl (C=O) groups excluding carboxylic acids is 1. The van der Waals surface area contributed by atoms with Gasteiger partial charge in [0.25, 0.3) is 0 Å². The van der Waals surface area contributed by atoms with Gasteiger partial charge in [0, 0.05) is 28.6 Å². The van der Waals surface area contributed by atoms with Crippen LogP contribution in [0, 0.1) is 0 Å². The first-order chi connectivity index (χ1) is 11.5. The molecule has 1 aliphatic rings. The minimum atomic E-state index is -3.71. The van der Waals surface area contributed by atoms with Gasteiger partial charge in [-0.2, -0.15) is 0 Å². The molecule has 0 spiro atoms. The zero-order valence-electron chi connectivity index (χ0n) is 12.6. The van der Waals surface area contributed by atoms with Gasteiger partial charge in [-0.05, 0) is 29.8 Å². The molecule has 0 atom stereocenters. The van der Waals surface area contributed by atoms with Crippen LogP contribution in [0.25, 0.3) is 0 Å². The lowest BCUT2D eigenvalue weighted by Gasteiger charge is -2.11. The fourth-order valence-corrected chi connectivity index (χ4v) is 4.44. The van der Waals surface area contributed by atoms with Gasteiger partial charge in [0.1, 0.15) is 0 Å². The Kier molecular flexibility index (Phi) is 5.15. The summed E-state index contributed by atoms with van der Waals surface area (Å²) in [5.74, 6) is 0.565. The van der Waals surface area contributed by atoms with Crippen molar-refractivity contribution in [1.82, 2.24) is 4.72 Å². The van der Waals surface area contributed by atoms with E-state index < -0.39 is 10.0 Å². The number of rotatable bonds is 4. The molecule has 1 amide bonds. The van der Waals surface area contributed by atoms with E-state index >= 15 is 0 Å². The van der Waals surface area contributed by atoms with E-state index in [-0.39, 0.29) is 17.3 Å². The van der Waals surface area contributed by atoms with Crippen molar-refractivity contribution >= 4 is 45.0 Å². The predicted octanol–water partition coefficient (Wildman–Crippen LogP) is 3.25. The van der Waals surface area contributed by atoms with Gasteiger partial charge in [0.05, 0.1) is 10.6 Å². The van der Waals surface area contributed by atoms with Gasteiger partial charge in [-0.1, -0.05) is 29.8 Å². The van der Waals surface area contributed by atoms with Gasteiger partial charge in [-0.3, -0.25) is 4.79 Å². The normalized spacial score (nSPS) is 14.6. The Morgan fingerprint density at radius 2 is 2.00 bits per heavy atom. The summed E-state index contributed by atoms with van der Waals surface area (Å²) in [5.41, 5.74) is 1.23. The predicted molar refractivity (Wildman–Crippen MR) is 95.9 cm³/mol. The van der Waals surface area contributed by atoms with Gasteiger partial charge < -0.3 is 5.32 Å². The first-order valence-electron chi connectivity index (χ1n) is 7.25. The number of hydrogen-bond acceptors (Lipinski definition) is 4. The second-order valence-electron chi connectivity index (χ2n) is 5.22. The van der Waals surface area contributed by atoms with Crippen molar-refractivity contribution in [3.8, 4) is 0 Å². The molecule has 1 aliphatic heterocycles. The molecular weight excluding hydrogens is 368 g/mol. The van der Waals surface area contributed by atoms with Crippen LogP contribution >= 0.6 is 23.4 Å². The third-order valence-corrected chi connectivity index (χ3v) is 6.38. The number of thioether (sulfide) groups is 1. The summed E-state index contributed by atoms with van der Waals surface area (Å²) < 4.78 is 27.5. The van der Waals surface area contributed by atoms with E-state index in [2.05, 4.69) is 10.0 Å². The van der Waals surface area contributed by atoms with E-state index in [9.17, 15) is 13.2 Å². The molecule has 0 saturated heterocycles. The first kappa shape index (κ1) is 17.3. The minimum Gasteiger partial charge on any atom is -0.325 e. The lowest BCUT2D eigenvalue weighted by Crippen LogP contribution is -2.23. The quantitative estimate of drug-likeness (QED) is 0.851. The Labute approximate surface area is 149 Å². The number of nitrogens with one attached hydrogen (secondary N) is 2. The molecule has 0 unspecified atom stereocenters. The highest BCUT2D eigenvalue weighted by atomic mass is 35.5. The van der Waals surface area contributed by atoms with Gasteiger partial charge >= 0.3 is 0 Å². The highest BCUT2D eigenvalue weighted by Crippen LogP contribution is 2.32. The van der Waals surface area contributed by atoms with E-state index in [1.54, 1.807) is 30.3 Å². The summed E-state index contributed by atoms with van der Waals surface area (Å²) in [5, 5.41) is 3.25. The van der Waals surface area contributed by atoms with Crippen LogP contribution in [0.15, 0.2) is 52.3 Å². The molecule has 2 aromatic rings. The van der Waals surface area contributed by atoms with E-state index in [0.29, 0.717) is 28.4 Å². The highest BCUT2D eigenvalue weighted by Gasteiger charge is 2.19. The molecule has 0 saturated carbocycles. The number of amides is 1. The summed E-state index contributed by atoms with van der Waals surface area (Å²) in [7, 11) is -3.71. The second-order valence-corrected chi connectivity index (χ2v) is 8.53. The zero-order valence-corrected chi connectivity index (χ0v) is 15.0. The summed E-state index contributed by atoms with van der Waals surface area (Å²) in [6.45, 7) is 0.0974. The second kappa shape index (κ2) is 7.14. The van der Waals surface area contributed by atoms with Crippen molar-refractivity contribution in [3.63, 3.8) is 0 Å². The lowest BCUT2D eigenvalue weighted by atomic mass is 10.2. The van der Waals surface area contributed by atoms with E-state index in [4.69, 9.17) is 11.6 Å². The SMILES string of the molecule is O=C1CCSc2ccc(S(=O)(=O)NCc3ccccc3Cl)cc2N1. The van der Waals surface area contributed by atoms with Crippen molar-refractivity contribution in [1.29, 1.82) is 0 Å². The Hall–Kier alpha value is -1.54. The number of hydrogen-bond donors (Lipinski definition) is 2. The standard InChI is InChI=1S/C16H15ClN2O3S2/c17-13-4-2-1-3-11(13)10-18-24(21,22)12-5-6-15-14(9-12)19-16(20)7-8-23-15/h1-6,9,18H,7-8,10H2,(H,19,20). The maximum absolute atomic E-state index is 12.5. The molecule has 0 radical (unpaired) electrons. The van der Waals surface area contributed by atoms with Crippen LogP contribution in [-0.2, 0) is 21.4 Å². The first-order valence-corrected chi connectivity index (χ1v) is 10.1. The molecule has 1 heterocycles. The molecule has 2 aromatic carbocycles. The largest absolute Gasteiger partial charge is 0.325 e. The lowest BCUT2D eigenvalue weighted by molar-refractivity contribution is -0.115. The van der Waals surface area contributed by atoms with Gasteiger partial charge in [-0.15, -0.1) is 11.8 Å². The minimum absolute atomic E-state index is 0.0974. The summed E-state index contributed by atoms with van der Waals surface area (Å²) in [6.07, 6.45) is 0.409. The van der Waals surface area contributed by atoms with Crippen LogP contribution in [0.3, 0.4) is 0 Å². The Bertz CT molecular complexity index is 885. The van der Waals surface area contributed by atoms with Crippen LogP contribution in [0.2, 0.25) is 5.02 Å². The molecule has 0 aromatic heterocycles. The number of fused-ring (bicyclic) bond motifs is 1. The Morgan fingerprint density at radius 3 is 2.79 bits per heavy atom. The van der Waals surface area contributed by atoms with Crippen LogP contribution in [0.1, 0.15) is 12.0 Å². The zero-order chi connectivity index (χ0) is 17.2.